The molecular formula is C17H14ClFO2. The fourth-order valence-corrected chi connectivity index (χ4v) is 1.86. The van der Waals surface area contributed by atoms with E-state index in [0.717, 1.165) is 0 Å². The summed E-state index contributed by atoms with van der Waals surface area (Å²) in [4.78, 5) is 0. The van der Waals surface area contributed by atoms with Crippen LogP contribution in [0.25, 0.3) is 0 Å². The highest BCUT2D eigenvalue weighted by molar-refractivity contribution is 6.30. The first-order valence-electron chi connectivity index (χ1n) is 6.45. The molecule has 2 aromatic rings. The van der Waals surface area contributed by atoms with Crippen molar-refractivity contribution >= 4 is 11.6 Å². The van der Waals surface area contributed by atoms with Crippen LogP contribution in [0.5, 0.6) is 5.75 Å². The van der Waals surface area contributed by atoms with Crippen LogP contribution < -0.4 is 4.74 Å². The molecule has 4 heteroatoms. The molecule has 0 aliphatic rings. The van der Waals surface area contributed by atoms with E-state index in [1.54, 1.807) is 36.4 Å². The van der Waals surface area contributed by atoms with Gasteiger partial charge < -0.3 is 9.84 Å². The molecule has 0 heterocycles. The maximum absolute atomic E-state index is 13.9. The lowest BCUT2D eigenvalue weighted by atomic mass is 10.1. The SMILES string of the molecule is OCCC#Cc1ccc(COc2cccc(Cl)c2)c(F)c1. The minimum atomic E-state index is -0.368. The Kier molecular flexibility index (Phi) is 5.62. The predicted molar refractivity (Wildman–Crippen MR) is 80.8 cm³/mol. The third-order valence-electron chi connectivity index (χ3n) is 2.71. The first-order chi connectivity index (χ1) is 10.2. The van der Waals surface area contributed by atoms with Crippen molar-refractivity contribution in [2.24, 2.45) is 0 Å². The van der Waals surface area contributed by atoms with Crippen molar-refractivity contribution in [3.8, 4) is 17.6 Å². The average molecular weight is 305 g/mol. The Morgan fingerprint density at radius 3 is 2.76 bits per heavy atom. The van der Waals surface area contributed by atoms with Crippen molar-refractivity contribution in [2.45, 2.75) is 13.0 Å². The van der Waals surface area contributed by atoms with Crippen LogP contribution in [0.3, 0.4) is 0 Å². The lowest BCUT2D eigenvalue weighted by Crippen LogP contribution is -1.99. The Hall–Kier alpha value is -2.02. The third-order valence-corrected chi connectivity index (χ3v) is 2.95. The zero-order chi connectivity index (χ0) is 15.1. The van der Waals surface area contributed by atoms with E-state index in [1.165, 1.54) is 6.07 Å². The summed E-state index contributed by atoms with van der Waals surface area (Å²) in [5.41, 5.74) is 1.02. The van der Waals surface area contributed by atoms with Gasteiger partial charge in [-0.05, 0) is 30.3 Å². The van der Waals surface area contributed by atoms with Crippen molar-refractivity contribution in [1.82, 2.24) is 0 Å². The minimum Gasteiger partial charge on any atom is -0.489 e. The maximum Gasteiger partial charge on any atom is 0.131 e. The van der Waals surface area contributed by atoms with Gasteiger partial charge >= 0.3 is 0 Å². The molecule has 2 nitrogen and oxygen atoms in total. The molecule has 0 radical (unpaired) electrons. The molecule has 2 aromatic carbocycles. The Morgan fingerprint density at radius 2 is 2.05 bits per heavy atom. The van der Waals surface area contributed by atoms with Crippen molar-refractivity contribution in [3.63, 3.8) is 0 Å². The molecule has 0 unspecified atom stereocenters. The first kappa shape index (κ1) is 15.4. The van der Waals surface area contributed by atoms with Gasteiger partial charge in [-0.2, -0.15) is 0 Å². The van der Waals surface area contributed by atoms with Crippen molar-refractivity contribution in [3.05, 3.63) is 64.4 Å². The molecule has 0 saturated heterocycles. The van der Waals surface area contributed by atoms with E-state index >= 15 is 0 Å². The van der Waals surface area contributed by atoms with Gasteiger partial charge in [0.15, 0.2) is 0 Å². The second kappa shape index (κ2) is 7.68. The zero-order valence-electron chi connectivity index (χ0n) is 11.3. The van der Waals surface area contributed by atoms with Gasteiger partial charge in [-0.3, -0.25) is 0 Å². The summed E-state index contributed by atoms with van der Waals surface area (Å²) < 4.78 is 19.4. The van der Waals surface area contributed by atoms with E-state index < -0.39 is 0 Å². The summed E-state index contributed by atoms with van der Waals surface area (Å²) in [5, 5.41) is 9.21. The summed E-state index contributed by atoms with van der Waals surface area (Å²) in [6, 6.07) is 11.7. The normalized spacial score (nSPS) is 9.86. The van der Waals surface area contributed by atoms with E-state index in [2.05, 4.69) is 11.8 Å². The van der Waals surface area contributed by atoms with Crippen LogP contribution >= 0.6 is 11.6 Å². The average Bonchev–Trinajstić information content (AvgIpc) is 2.47. The van der Waals surface area contributed by atoms with Crippen LogP contribution in [0.4, 0.5) is 4.39 Å². The van der Waals surface area contributed by atoms with Gasteiger partial charge in [0.25, 0.3) is 0 Å². The molecule has 0 aliphatic carbocycles. The number of rotatable bonds is 4. The summed E-state index contributed by atoms with van der Waals surface area (Å²) in [6.45, 7) is 0.123. The highest BCUT2D eigenvalue weighted by Gasteiger charge is 2.04. The molecule has 0 spiro atoms. The number of halogens is 2. The number of hydrogen-bond donors (Lipinski definition) is 1. The smallest absolute Gasteiger partial charge is 0.131 e. The first-order valence-corrected chi connectivity index (χ1v) is 6.83. The quantitative estimate of drug-likeness (QED) is 0.871. The topological polar surface area (TPSA) is 29.5 Å². The molecule has 0 aliphatic heterocycles. The third kappa shape index (κ3) is 4.78. The highest BCUT2D eigenvalue weighted by atomic mass is 35.5. The fraction of sp³-hybridized carbons (Fsp3) is 0.176. The second-order valence-corrected chi connectivity index (χ2v) is 4.76. The zero-order valence-corrected chi connectivity index (χ0v) is 12.0. The standard InChI is InChI=1S/C17H14ClFO2/c18-15-5-3-6-16(11-15)21-12-14-8-7-13(10-17(14)19)4-1-2-9-20/h3,5-8,10-11,20H,2,9,12H2. The van der Waals surface area contributed by atoms with E-state index in [4.69, 9.17) is 21.4 Å². The van der Waals surface area contributed by atoms with Crippen LogP contribution in [0.2, 0.25) is 5.02 Å². The summed E-state index contributed by atoms with van der Waals surface area (Å²) in [5.74, 6) is 5.76. The number of benzene rings is 2. The van der Waals surface area contributed by atoms with Gasteiger partial charge in [0.1, 0.15) is 18.2 Å². The van der Waals surface area contributed by atoms with Gasteiger partial charge in [-0.1, -0.05) is 35.6 Å². The molecule has 2 rings (SSSR count). The number of aliphatic hydroxyl groups is 1. The number of aliphatic hydroxyl groups excluding tert-OH is 1. The van der Waals surface area contributed by atoms with Crippen LogP contribution in [-0.2, 0) is 6.61 Å². The van der Waals surface area contributed by atoms with E-state index in [0.29, 0.717) is 28.3 Å². The molecule has 0 aromatic heterocycles. The predicted octanol–water partition coefficient (Wildman–Crippen LogP) is 3.79. The molecule has 108 valence electrons. The van der Waals surface area contributed by atoms with Crippen LogP contribution in [0.15, 0.2) is 42.5 Å². The molecule has 0 saturated carbocycles. The van der Waals surface area contributed by atoms with Gasteiger partial charge in [-0.15, -0.1) is 0 Å². The van der Waals surface area contributed by atoms with Gasteiger partial charge in [-0.25, -0.2) is 4.39 Å². The van der Waals surface area contributed by atoms with Crippen LogP contribution in [0, 0.1) is 17.7 Å². The molecule has 0 amide bonds. The number of hydrogen-bond acceptors (Lipinski definition) is 2. The largest absolute Gasteiger partial charge is 0.489 e. The Morgan fingerprint density at radius 1 is 1.19 bits per heavy atom. The fourth-order valence-electron chi connectivity index (χ4n) is 1.68. The number of ether oxygens (including phenoxy) is 1. The van der Waals surface area contributed by atoms with E-state index in [-0.39, 0.29) is 19.0 Å². The van der Waals surface area contributed by atoms with Crippen molar-refractivity contribution in [1.29, 1.82) is 0 Å². The van der Waals surface area contributed by atoms with Crippen LogP contribution in [-0.4, -0.2) is 11.7 Å². The van der Waals surface area contributed by atoms with Gasteiger partial charge in [0.2, 0.25) is 0 Å². The Labute approximate surface area is 128 Å². The van der Waals surface area contributed by atoms with Gasteiger partial charge in [0.05, 0.1) is 6.61 Å². The van der Waals surface area contributed by atoms with Crippen LogP contribution in [0.1, 0.15) is 17.5 Å². The lowest BCUT2D eigenvalue weighted by molar-refractivity contribution is 0.300. The summed E-state index contributed by atoms with van der Waals surface area (Å²) in [6.07, 6.45) is 0.376. The van der Waals surface area contributed by atoms with Crippen molar-refractivity contribution in [2.75, 3.05) is 6.61 Å². The molecular weight excluding hydrogens is 291 g/mol. The second-order valence-electron chi connectivity index (χ2n) is 4.33. The van der Waals surface area contributed by atoms with E-state index in [9.17, 15) is 4.39 Å². The molecule has 21 heavy (non-hydrogen) atoms. The highest BCUT2D eigenvalue weighted by Crippen LogP contribution is 2.19. The van der Waals surface area contributed by atoms with Crippen molar-refractivity contribution < 1.29 is 14.2 Å². The monoisotopic (exact) mass is 304 g/mol. The summed E-state index contributed by atoms with van der Waals surface area (Å²) >= 11 is 5.85. The minimum absolute atomic E-state index is 0.00103. The molecule has 0 atom stereocenters. The van der Waals surface area contributed by atoms with E-state index in [1.807, 2.05) is 0 Å². The van der Waals surface area contributed by atoms with Gasteiger partial charge in [0, 0.05) is 22.6 Å². The maximum atomic E-state index is 13.9. The lowest BCUT2D eigenvalue weighted by Gasteiger charge is -2.07. The molecule has 1 N–H and O–H groups in total. The Bertz CT molecular complexity index is 674. The molecule has 0 fully saturated rings. The summed E-state index contributed by atoms with van der Waals surface area (Å²) in [7, 11) is 0. The molecule has 0 bridgehead atoms. The Balaban J connectivity index is 2.03.